The number of alkyl halides is 1. The monoisotopic (exact) mass is 485 g/mol. The van der Waals surface area contributed by atoms with Gasteiger partial charge in [0.15, 0.2) is 0 Å². The molecular formula is C31H32ClNO2. The van der Waals surface area contributed by atoms with E-state index in [1.165, 1.54) is 11.1 Å². The molecule has 0 aromatic heterocycles. The molecule has 0 aliphatic rings. The zero-order valence-corrected chi connectivity index (χ0v) is 20.6. The van der Waals surface area contributed by atoms with Gasteiger partial charge in [0.05, 0.1) is 6.10 Å². The summed E-state index contributed by atoms with van der Waals surface area (Å²) in [5, 5.41) is 11.0. The van der Waals surface area contributed by atoms with Gasteiger partial charge in [0, 0.05) is 25.0 Å². The van der Waals surface area contributed by atoms with E-state index in [1.54, 1.807) is 0 Å². The Kier molecular flexibility index (Phi) is 9.36. The molecule has 0 bridgehead atoms. The van der Waals surface area contributed by atoms with Crippen molar-refractivity contribution >= 4 is 11.6 Å². The molecule has 0 aliphatic carbocycles. The molecule has 2 atom stereocenters. The third kappa shape index (κ3) is 7.69. The number of nitrogens with zero attached hydrogens (tertiary/aromatic N) is 1. The maximum atomic E-state index is 11.0. The molecule has 4 aromatic carbocycles. The van der Waals surface area contributed by atoms with Crippen molar-refractivity contribution < 1.29 is 9.84 Å². The van der Waals surface area contributed by atoms with Crippen LogP contribution in [0.15, 0.2) is 115 Å². The van der Waals surface area contributed by atoms with E-state index in [-0.39, 0.29) is 11.9 Å². The van der Waals surface area contributed by atoms with Crippen molar-refractivity contribution in [3.8, 4) is 5.75 Å². The summed E-state index contributed by atoms with van der Waals surface area (Å²) in [6.45, 7) is 1.99. The standard InChI is InChI=1S/C31H32ClNO2/c32-21-31(34)30(20-25-16-18-29(19-17-25)35-24-28-14-8-3-9-15-28)33(22-26-10-4-1-5-11-26)23-27-12-6-2-7-13-27/h1-19,30-31,34H,20-24H2/t30?,31-/m1/s1. The number of ether oxygens (including phenoxy) is 1. The Morgan fingerprint density at radius 1 is 0.629 bits per heavy atom. The average molecular weight is 486 g/mol. The molecule has 35 heavy (non-hydrogen) atoms. The highest BCUT2D eigenvalue weighted by atomic mass is 35.5. The lowest BCUT2D eigenvalue weighted by Crippen LogP contribution is -2.45. The molecule has 180 valence electrons. The van der Waals surface area contributed by atoms with Crippen LogP contribution in [0.3, 0.4) is 0 Å². The Hall–Kier alpha value is -3.11. The van der Waals surface area contributed by atoms with E-state index >= 15 is 0 Å². The molecular weight excluding hydrogens is 454 g/mol. The molecule has 0 saturated heterocycles. The van der Waals surface area contributed by atoms with Crippen LogP contribution in [0.1, 0.15) is 22.3 Å². The summed E-state index contributed by atoms with van der Waals surface area (Å²) < 4.78 is 5.95. The van der Waals surface area contributed by atoms with Gasteiger partial charge in [-0.3, -0.25) is 4.90 Å². The van der Waals surface area contributed by atoms with Crippen LogP contribution in [0.5, 0.6) is 5.75 Å². The molecule has 0 fully saturated rings. The third-order valence-electron chi connectivity index (χ3n) is 6.14. The minimum atomic E-state index is -0.655. The van der Waals surface area contributed by atoms with Crippen LogP contribution in [0.4, 0.5) is 0 Å². The Morgan fingerprint density at radius 3 is 1.60 bits per heavy atom. The zero-order valence-electron chi connectivity index (χ0n) is 19.8. The highest BCUT2D eigenvalue weighted by molar-refractivity contribution is 6.18. The number of aliphatic hydroxyl groups is 1. The number of hydrogen-bond donors (Lipinski definition) is 1. The van der Waals surface area contributed by atoms with Crippen molar-refractivity contribution in [1.82, 2.24) is 4.90 Å². The number of benzene rings is 4. The van der Waals surface area contributed by atoms with Gasteiger partial charge in [-0.25, -0.2) is 0 Å². The summed E-state index contributed by atoms with van der Waals surface area (Å²) in [5.41, 5.74) is 4.69. The first-order valence-corrected chi connectivity index (χ1v) is 12.6. The van der Waals surface area contributed by atoms with Gasteiger partial charge in [0.1, 0.15) is 12.4 Å². The maximum absolute atomic E-state index is 11.0. The van der Waals surface area contributed by atoms with Crippen LogP contribution >= 0.6 is 11.6 Å². The summed E-state index contributed by atoms with van der Waals surface area (Å²) in [6.07, 6.45) is 0.0325. The molecule has 4 heteroatoms. The van der Waals surface area contributed by atoms with Crippen LogP contribution in [0, 0.1) is 0 Å². The summed E-state index contributed by atoms with van der Waals surface area (Å²) >= 11 is 6.19. The quantitative estimate of drug-likeness (QED) is 0.233. The molecule has 1 unspecified atom stereocenters. The first-order valence-electron chi connectivity index (χ1n) is 12.0. The molecule has 0 aliphatic heterocycles. The fraction of sp³-hybridized carbons (Fsp3) is 0.226. The first-order chi connectivity index (χ1) is 17.2. The van der Waals surface area contributed by atoms with Crippen molar-refractivity contribution in [1.29, 1.82) is 0 Å². The van der Waals surface area contributed by atoms with Gasteiger partial charge in [0.25, 0.3) is 0 Å². The Labute approximate surface area is 213 Å². The van der Waals surface area contributed by atoms with E-state index in [9.17, 15) is 5.11 Å². The molecule has 1 N–H and O–H groups in total. The van der Waals surface area contributed by atoms with Crippen LogP contribution in [-0.4, -0.2) is 28.0 Å². The molecule has 0 saturated carbocycles. The highest BCUT2D eigenvalue weighted by Gasteiger charge is 2.26. The van der Waals surface area contributed by atoms with Crippen molar-refractivity contribution in [2.75, 3.05) is 5.88 Å². The fourth-order valence-electron chi connectivity index (χ4n) is 4.24. The van der Waals surface area contributed by atoms with Crippen molar-refractivity contribution in [2.24, 2.45) is 0 Å². The van der Waals surface area contributed by atoms with Crippen LogP contribution in [0.2, 0.25) is 0 Å². The second-order valence-corrected chi connectivity index (χ2v) is 9.10. The van der Waals surface area contributed by atoms with Crippen LogP contribution in [0.25, 0.3) is 0 Å². The largest absolute Gasteiger partial charge is 0.489 e. The van der Waals surface area contributed by atoms with Crippen LogP contribution < -0.4 is 4.74 Å². The van der Waals surface area contributed by atoms with E-state index < -0.39 is 6.10 Å². The van der Waals surface area contributed by atoms with E-state index in [4.69, 9.17) is 16.3 Å². The van der Waals surface area contributed by atoms with Crippen molar-refractivity contribution in [2.45, 2.75) is 38.3 Å². The lowest BCUT2D eigenvalue weighted by atomic mass is 9.98. The number of aliphatic hydroxyl groups excluding tert-OH is 1. The lowest BCUT2D eigenvalue weighted by molar-refractivity contribution is 0.0526. The summed E-state index contributed by atoms with van der Waals surface area (Å²) in [5.74, 6) is 1.01. The van der Waals surface area contributed by atoms with E-state index in [1.807, 2.05) is 42.5 Å². The molecule has 4 rings (SSSR count). The smallest absolute Gasteiger partial charge is 0.119 e. The van der Waals surface area contributed by atoms with Crippen molar-refractivity contribution in [3.05, 3.63) is 138 Å². The molecule has 0 amide bonds. The van der Waals surface area contributed by atoms with E-state index in [0.717, 1.165) is 30.0 Å². The minimum absolute atomic E-state index is 0.135. The molecule has 0 radical (unpaired) electrons. The SMILES string of the molecule is O[C@H](CCl)C(Cc1ccc(OCc2ccccc2)cc1)N(Cc1ccccc1)Cc1ccccc1. The predicted molar refractivity (Wildman–Crippen MR) is 144 cm³/mol. The van der Waals surface area contributed by atoms with Gasteiger partial charge >= 0.3 is 0 Å². The summed E-state index contributed by atoms with van der Waals surface area (Å²) in [7, 11) is 0. The molecule has 0 spiro atoms. The van der Waals surface area contributed by atoms with Gasteiger partial charge in [-0.1, -0.05) is 103 Å². The lowest BCUT2D eigenvalue weighted by Gasteiger charge is -2.35. The Balaban J connectivity index is 1.50. The summed E-state index contributed by atoms with van der Waals surface area (Å²) in [6, 6.07) is 38.9. The maximum Gasteiger partial charge on any atom is 0.119 e. The predicted octanol–water partition coefficient (Wildman–Crippen LogP) is 6.48. The second kappa shape index (κ2) is 13.1. The normalized spacial score (nSPS) is 12.9. The van der Waals surface area contributed by atoms with Gasteiger partial charge < -0.3 is 9.84 Å². The number of halogens is 1. The first kappa shape index (κ1) is 25.0. The average Bonchev–Trinajstić information content (AvgIpc) is 2.92. The second-order valence-electron chi connectivity index (χ2n) is 8.79. The highest BCUT2D eigenvalue weighted by Crippen LogP contribution is 2.22. The van der Waals surface area contributed by atoms with Gasteiger partial charge in [-0.05, 0) is 40.8 Å². The minimum Gasteiger partial charge on any atom is -0.489 e. The fourth-order valence-corrected chi connectivity index (χ4v) is 4.45. The van der Waals surface area contributed by atoms with E-state index in [0.29, 0.717) is 13.0 Å². The van der Waals surface area contributed by atoms with Gasteiger partial charge in [-0.15, -0.1) is 11.6 Å². The van der Waals surface area contributed by atoms with Gasteiger partial charge in [0.2, 0.25) is 0 Å². The molecule has 3 nitrogen and oxygen atoms in total. The Bertz CT molecular complexity index is 1080. The van der Waals surface area contributed by atoms with Crippen LogP contribution in [-0.2, 0) is 26.1 Å². The topological polar surface area (TPSA) is 32.7 Å². The third-order valence-corrected chi connectivity index (χ3v) is 6.46. The van der Waals surface area contributed by atoms with Crippen molar-refractivity contribution in [3.63, 3.8) is 0 Å². The van der Waals surface area contributed by atoms with Gasteiger partial charge in [-0.2, -0.15) is 0 Å². The number of rotatable bonds is 12. The zero-order chi connectivity index (χ0) is 24.3. The van der Waals surface area contributed by atoms with E-state index in [2.05, 4.69) is 77.7 Å². The summed E-state index contributed by atoms with van der Waals surface area (Å²) in [4.78, 5) is 2.33. The molecule has 4 aromatic rings. The molecule has 0 heterocycles. The Morgan fingerprint density at radius 2 is 1.11 bits per heavy atom. The number of hydrogen-bond acceptors (Lipinski definition) is 3.